The van der Waals surface area contributed by atoms with E-state index in [0.29, 0.717) is 19.3 Å². The Morgan fingerprint density at radius 1 is 1.24 bits per heavy atom. The van der Waals surface area contributed by atoms with E-state index in [9.17, 15) is 14.0 Å². The Morgan fingerprint density at radius 2 is 1.88 bits per heavy atom. The molecule has 1 unspecified atom stereocenters. The van der Waals surface area contributed by atoms with Gasteiger partial charge in [0.2, 0.25) is 5.91 Å². The molecule has 1 aromatic carbocycles. The fourth-order valence-electron chi connectivity index (χ4n) is 2.64. The van der Waals surface area contributed by atoms with E-state index in [4.69, 9.17) is 5.11 Å². The van der Waals surface area contributed by atoms with Crippen molar-refractivity contribution in [3.8, 4) is 5.69 Å². The zero-order valence-electron chi connectivity index (χ0n) is 14.3. The van der Waals surface area contributed by atoms with Crippen LogP contribution in [0.25, 0.3) is 5.69 Å². The molecule has 0 spiro atoms. The minimum atomic E-state index is -0.849. The Morgan fingerprint density at radius 3 is 2.52 bits per heavy atom. The van der Waals surface area contributed by atoms with E-state index in [1.54, 1.807) is 23.0 Å². The topological polar surface area (TPSA) is 84.2 Å². The van der Waals surface area contributed by atoms with Gasteiger partial charge in [0, 0.05) is 24.1 Å². The Hall–Kier alpha value is -2.70. The number of aromatic nitrogens is 2. The summed E-state index contributed by atoms with van der Waals surface area (Å²) >= 11 is 0. The van der Waals surface area contributed by atoms with E-state index in [0.717, 1.165) is 16.9 Å². The minimum absolute atomic E-state index is 0.0758. The number of amides is 1. The third-order valence-corrected chi connectivity index (χ3v) is 4.01. The van der Waals surface area contributed by atoms with E-state index in [-0.39, 0.29) is 24.2 Å². The standard InChI is InChI=1S/C18H22FN3O3/c1-12(21-17(23)5-3-4-6-18(24)25)16-11-20-22(13(16)2)15-9-7-14(19)8-10-15/h7-12H,3-6H2,1-2H3,(H,21,23)(H,24,25). The summed E-state index contributed by atoms with van der Waals surface area (Å²) < 4.78 is 14.7. The first-order chi connectivity index (χ1) is 11.9. The van der Waals surface area contributed by atoms with Gasteiger partial charge in [-0.05, 0) is 51.0 Å². The first-order valence-electron chi connectivity index (χ1n) is 8.20. The van der Waals surface area contributed by atoms with Crippen molar-refractivity contribution in [2.75, 3.05) is 0 Å². The van der Waals surface area contributed by atoms with Gasteiger partial charge in [-0.2, -0.15) is 5.10 Å². The molecule has 2 N–H and O–H groups in total. The fourth-order valence-corrected chi connectivity index (χ4v) is 2.64. The van der Waals surface area contributed by atoms with Crippen LogP contribution >= 0.6 is 0 Å². The number of unbranched alkanes of at least 4 members (excludes halogenated alkanes) is 1. The van der Waals surface area contributed by atoms with Crippen LogP contribution in [0, 0.1) is 12.7 Å². The predicted molar refractivity (Wildman–Crippen MR) is 90.9 cm³/mol. The average molecular weight is 347 g/mol. The molecule has 2 rings (SSSR count). The molecule has 25 heavy (non-hydrogen) atoms. The molecule has 0 fully saturated rings. The molecule has 6 nitrogen and oxygen atoms in total. The molecule has 1 amide bonds. The van der Waals surface area contributed by atoms with Crippen molar-refractivity contribution >= 4 is 11.9 Å². The number of nitrogens with one attached hydrogen (secondary N) is 1. The molecule has 1 aromatic heterocycles. The lowest BCUT2D eigenvalue weighted by molar-refractivity contribution is -0.137. The van der Waals surface area contributed by atoms with Crippen LogP contribution in [0.4, 0.5) is 4.39 Å². The third-order valence-electron chi connectivity index (χ3n) is 4.01. The smallest absolute Gasteiger partial charge is 0.303 e. The van der Waals surface area contributed by atoms with E-state index < -0.39 is 5.97 Å². The zero-order valence-corrected chi connectivity index (χ0v) is 14.3. The summed E-state index contributed by atoms with van der Waals surface area (Å²) in [6.07, 6.45) is 3.08. The van der Waals surface area contributed by atoms with Gasteiger partial charge in [-0.1, -0.05) is 0 Å². The number of nitrogens with zero attached hydrogens (tertiary/aromatic N) is 2. The largest absolute Gasteiger partial charge is 0.481 e. The van der Waals surface area contributed by atoms with Crippen LogP contribution < -0.4 is 5.32 Å². The SMILES string of the molecule is Cc1c(C(C)NC(=O)CCCCC(=O)O)cnn1-c1ccc(F)cc1. The van der Waals surface area contributed by atoms with Crippen LogP contribution in [0.5, 0.6) is 0 Å². The number of hydrogen-bond acceptors (Lipinski definition) is 3. The average Bonchev–Trinajstić information content (AvgIpc) is 2.94. The second-order valence-electron chi connectivity index (χ2n) is 5.96. The molecular formula is C18H22FN3O3. The highest BCUT2D eigenvalue weighted by atomic mass is 19.1. The number of halogens is 1. The van der Waals surface area contributed by atoms with Crippen LogP contribution in [0.2, 0.25) is 0 Å². The Balaban J connectivity index is 1.96. The maximum atomic E-state index is 13.0. The lowest BCUT2D eigenvalue weighted by atomic mass is 10.1. The first kappa shape index (κ1) is 18.6. The van der Waals surface area contributed by atoms with Crippen molar-refractivity contribution < 1.29 is 19.1 Å². The monoisotopic (exact) mass is 347 g/mol. The molecule has 0 aliphatic heterocycles. The van der Waals surface area contributed by atoms with Crippen LogP contribution in [0.1, 0.15) is 49.9 Å². The number of carboxylic acid groups (broad SMARTS) is 1. The molecule has 134 valence electrons. The maximum Gasteiger partial charge on any atom is 0.303 e. The molecule has 0 radical (unpaired) electrons. The number of rotatable bonds is 8. The summed E-state index contributed by atoms with van der Waals surface area (Å²) in [4.78, 5) is 22.4. The normalized spacial score (nSPS) is 12.0. The van der Waals surface area contributed by atoms with Gasteiger partial charge >= 0.3 is 5.97 Å². The van der Waals surface area contributed by atoms with E-state index in [1.807, 2.05) is 13.8 Å². The van der Waals surface area contributed by atoms with Gasteiger partial charge in [-0.25, -0.2) is 9.07 Å². The van der Waals surface area contributed by atoms with Crippen molar-refractivity contribution in [2.24, 2.45) is 0 Å². The highest BCUT2D eigenvalue weighted by molar-refractivity contribution is 5.76. The zero-order chi connectivity index (χ0) is 18.4. The summed E-state index contributed by atoms with van der Waals surface area (Å²) in [5, 5.41) is 15.8. The molecule has 0 saturated carbocycles. The lowest BCUT2D eigenvalue weighted by Gasteiger charge is -2.14. The second-order valence-corrected chi connectivity index (χ2v) is 5.96. The summed E-state index contributed by atoms with van der Waals surface area (Å²) in [5.74, 6) is -1.28. The summed E-state index contributed by atoms with van der Waals surface area (Å²) in [7, 11) is 0. The van der Waals surface area contributed by atoms with Crippen LogP contribution in [0.3, 0.4) is 0 Å². The molecule has 2 aromatic rings. The second kappa shape index (κ2) is 8.41. The molecule has 0 saturated heterocycles. The predicted octanol–water partition coefficient (Wildman–Crippen LogP) is 3.14. The van der Waals surface area contributed by atoms with E-state index in [1.165, 1.54) is 12.1 Å². The van der Waals surface area contributed by atoms with Crippen LogP contribution in [-0.4, -0.2) is 26.8 Å². The minimum Gasteiger partial charge on any atom is -0.481 e. The van der Waals surface area contributed by atoms with Crippen molar-refractivity contribution in [3.63, 3.8) is 0 Å². The van der Waals surface area contributed by atoms with Gasteiger partial charge in [0.1, 0.15) is 5.82 Å². The van der Waals surface area contributed by atoms with Crippen molar-refractivity contribution in [2.45, 2.75) is 45.6 Å². The molecule has 7 heteroatoms. The Kier molecular flexibility index (Phi) is 6.27. The first-order valence-corrected chi connectivity index (χ1v) is 8.20. The third kappa shape index (κ3) is 5.14. The van der Waals surface area contributed by atoms with Crippen LogP contribution in [0.15, 0.2) is 30.5 Å². The van der Waals surface area contributed by atoms with E-state index >= 15 is 0 Å². The quantitative estimate of drug-likeness (QED) is 0.719. The van der Waals surface area contributed by atoms with Crippen molar-refractivity contribution in [1.82, 2.24) is 15.1 Å². The maximum absolute atomic E-state index is 13.0. The van der Waals surface area contributed by atoms with Crippen molar-refractivity contribution in [1.29, 1.82) is 0 Å². The highest BCUT2D eigenvalue weighted by Crippen LogP contribution is 2.20. The highest BCUT2D eigenvalue weighted by Gasteiger charge is 2.16. The fraction of sp³-hybridized carbons (Fsp3) is 0.389. The molecule has 0 bridgehead atoms. The number of carboxylic acids is 1. The molecule has 0 aliphatic rings. The van der Waals surface area contributed by atoms with Gasteiger partial charge in [-0.15, -0.1) is 0 Å². The molecule has 0 aliphatic carbocycles. The van der Waals surface area contributed by atoms with Gasteiger partial charge < -0.3 is 10.4 Å². The molecule has 1 heterocycles. The van der Waals surface area contributed by atoms with Gasteiger partial charge in [0.15, 0.2) is 0 Å². The number of hydrogen-bond donors (Lipinski definition) is 2. The number of aliphatic carboxylic acids is 1. The number of carbonyl (C=O) groups is 2. The van der Waals surface area contributed by atoms with Gasteiger partial charge in [0.25, 0.3) is 0 Å². The van der Waals surface area contributed by atoms with Gasteiger partial charge in [0.05, 0.1) is 17.9 Å². The van der Waals surface area contributed by atoms with E-state index in [2.05, 4.69) is 10.4 Å². The number of benzene rings is 1. The number of carbonyl (C=O) groups excluding carboxylic acids is 1. The Labute approximate surface area is 145 Å². The summed E-state index contributed by atoms with van der Waals surface area (Å²) in [6.45, 7) is 3.76. The summed E-state index contributed by atoms with van der Waals surface area (Å²) in [6, 6.07) is 5.81. The van der Waals surface area contributed by atoms with Crippen molar-refractivity contribution in [3.05, 3.63) is 47.5 Å². The lowest BCUT2D eigenvalue weighted by Crippen LogP contribution is -2.26. The van der Waals surface area contributed by atoms with Gasteiger partial charge in [-0.3, -0.25) is 9.59 Å². The molecular weight excluding hydrogens is 325 g/mol. The molecule has 1 atom stereocenters. The van der Waals surface area contributed by atoms with Crippen LogP contribution in [-0.2, 0) is 9.59 Å². The Bertz CT molecular complexity index is 741. The summed E-state index contributed by atoms with van der Waals surface area (Å²) in [5.41, 5.74) is 2.49.